The molecule has 0 saturated heterocycles. The van der Waals surface area contributed by atoms with Gasteiger partial charge in [0, 0.05) is 39.2 Å². The first kappa shape index (κ1) is 29.9. The first-order valence-electron chi connectivity index (χ1n) is 18.4. The summed E-state index contributed by atoms with van der Waals surface area (Å²) in [4.78, 5) is 2.49. The lowest BCUT2D eigenvalue weighted by atomic mass is 9.33. The molecule has 2 nitrogen and oxygen atoms in total. The van der Waals surface area contributed by atoms with Gasteiger partial charge < -0.3 is 9.47 Å². The molecular weight excluding hydrogens is 639 g/mol. The van der Waals surface area contributed by atoms with Crippen molar-refractivity contribution in [3.63, 3.8) is 0 Å². The monoisotopic (exact) mass is 672 g/mol. The minimum atomic E-state index is 0.0687. The van der Waals surface area contributed by atoms with Crippen molar-refractivity contribution in [2.24, 2.45) is 0 Å². The largest absolute Gasteiger partial charge is 0.311 e. The molecule has 2 aliphatic heterocycles. The summed E-state index contributed by atoms with van der Waals surface area (Å²) in [7, 11) is 0. The molecule has 0 bridgehead atoms. The van der Waals surface area contributed by atoms with Crippen LogP contribution in [0.3, 0.4) is 0 Å². The van der Waals surface area contributed by atoms with Crippen molar-refractivity contribution >= 4 is 51.1 Å². The van der Waals surface area contributed by atoms with Crippen LogP contribution in [0.25, 0.3) is 61.2 Å². The first-order valence-corrected chi connectivity index (χ1v) is 18.4. The van der Waals surface area contributed by atoms with E-state index >= 15 is 0 Å². The Balaban J connectivity index is 1.30. The summed E-state index contributed by atoms with van der Waals surface area (Å²) in [6.07, 6.45) is 0. The molecule has 11 rings (SSSR count). The van der Waals surface area contributed by atoms with E-state index in [1.807, 2.05) is 0 Å². The Hall–Kier alpha value is -6.84. The van der Waals surface area contributed by atoms with Crippen LogP contribution in [0.4, 0.5) is 17.1 Å². The summed E-state index contributed by atoms with van der Waals surface area (Å²) in [5.74, 6) is 0. The molecule has 1 aromatic heterocycles. The summed E-state index contributed by atoms with van der Waals surface area (Å²) in [5.41, 5.74) is 19.8. The fourth-order valence-electron chi connectivity index (χ4n) is 8.97. The van der Waals surface area contributed by atoms with Crippen LogP contribution < -0.4 is 21.3 Å². The van der Waals surface area contributed by atoms with Gasteiger partial charge in [-0.1, -0.05) is 164 Å². The Morgan fingerprint density at radius 2 is 0.906 bits per heavy atom. The van der Waals surface area contributed by atoms with Gasteiger partial charge in [-0.3, -0.25) is 0 Å². The van der Waals surface area contributed by atoms with Crippen molar-refractivity contribution in [1.82, 2.24) is 4.57 Å². The fourth-order valence-corrected chi connectivity index (χ4v) is 8.97. The molecule has 9 aromatic rings. The Kier molecular flexibility index (Phi) is 6.68. The summed E-state index contributed by atoms with van der Waals surface area (Å²) < 4.78 is 2.60. The van der Waals surface area contributed by atoms with Gasteiger partial charge in [-0.05, 0) is 86.2 Å². The first-order chi connectivity index (χ1) is 26.3. The highest BCUT2D eigenvalue weighted by atomic mass is 15.2. The van der Waals surface area contributed by atoms with E-state index in [9.17, 15) is 0 Å². The number of aromatic nitrogens is 1. The molecule has 0 N–H and O–H groups in total. The van der Waals surface area contributed by atoms with Crippen molar-refractivity contribution in [3.05, 3.63) is 200 Å². The van der Waals surface area contributed by atoms with E-state index in [0.29, 0.717) is 0 Å². The zero-order valence-corrected chi connectivity index (χ0v) is 29.0. The van der Waals surface area contributed by atoms with E-state index in [4.69, 9.17) is 0 Å². The average Bonchev–Trinajstić information content (AvgIpc) is 3.59. The quantitative estimate of drug-likeness (QED) is 0.165. The van der Waals surface area contributed by atoms with Crippen LogP contribution in [-0.2, 0) is 0 Å². The third kappa shape index (κ3) is 4.54. The second-order valence-electron chi connectivity index (χ2n) is 14.1. The molecule has 0 unspecified atom stereocenters. The second kappa shape index (κ2) is 11.9. The van der Waals surface area contributed by atoms with Crippen LogP contribution in [0.1, 0.15) is 0 Å². The lowest BCUT2D eigenvalue weighted by Crippen LogP contribution is -2.60. The lowest BCUT2D eigenvalue weighted by molar-refractivity contribution is 1.14. The molecule has 0 radical (unpaired) electrons. The van der Waals surface area contributed by atoms with Crippen molar-refractivity contribution in [2.75, 3.05) is 4.90 Å². The SMILES string of the molecule is c1ccc(-c2cccc(-c3cc4c5c(c3)-n3c(-c6ccccc6)c(-c6ccccc6)c6cccc(c63)B5c3ccccc3N4c3ccccc3)c2)cc1. The Labute approximate surface area is 310 Å². The van der Waals surface area contributed by atoms with Crippen molar-refractivity contribution in [3.8, 4) is 50.3 Å². The zero-order valence-electron chi connectivity index (χ0n) is 29.0. The van der Waals surface area contributed by atoms with Gasteiger partial charge in [0.2, 0.25) is 0 Å². The fraction of sp³-hybridized carbons (Fsp3) is 0. The third-order valence-corrected chi connectivity index (χ3v) is 11.2. The van der Waals surface area contributed by atoms with Crippen molar-refractivity contribution in [2.45, 2.75) is 0 Å². The number of para-hydroxylation sites is 3. The van der Waals surface area contributed by atoms with E-state index in [-0.39, 0.29) is 6.71 Å². The van der Waals surface area contributed by atoms with Gasteiger partial charge in [-0.2, -0.15) is 0 Å². The van der Waals surface area contributed by atoms with Gasteiger partial charge in [-0.15, -0.1) is 0 Å². The maximum atomic E-state index is 2.60. The Morgan fingerprint density at radius 1 is 0.358 bits per heavy atom. The number of rotatable bonds is 5. The summed E-state index contributed by atoms with van der Waals surface area (Å²) in [6.45, 7) is 0.0687. The van der Waals surface area contributed by atoms with Gasteiger partial charge in [0.25, 0.3) is 6.71 Å². The number of fused-ring (bicyclic) bond motifs is 4. The van der Waals surface area contributed by atoms with Gasteiger partial charge in [-0.25, -0.2) is 0 Å². The molecule has 246 valence electrons. The van der Waals surface area contributed by atoms with Crippen LogP contribution in [0.2, 0.25) is 0 Å². The number of anilines is 3. The highest BCUT2D eigenvalue weighted by molar-refractivity contribution is 7.00. The minimum Gasteiger partial charge on any atom is -0.311 e. The Bertz CT molecular complexity index is 2820. The Morgan fingerprint density at radius 3 is 1.64 bits per heavy atom. The van der Waals surface area contributed by atoms with E-state index in [2.05, 4.69) is 210 Å². The molecule has 53 heavy (non-hydrogen) atoms. The van der Waals surface area contributed by atoms with E-state index < -0.39 is 0 Å². The maximum absolute atomic E-state index is 2.60. The number of benzene rings is 8. The minimum absolute atomic E-state index is 0.0687. The predicted octanol–water partition coefficient (Wildman–Crippen LogP) is 10.9. The summed E-state index contributed by atoms with van der Waals surface area (Å²) >= 11 is 0. The third-order valence-electron chi connectivity index (χ3n) is 11.2. The molecule has 3 heteroatoms. The topological polar surface area (TPSA) is 8.17 Å². The van der Waals surface area contributed by atoms with E-state index in [0.717, 1.165) is 5.69 Å². The van der Waals surface area contributed by atoms with Crippen LogP contribution in [0, 0.1) is 0 Å². The van der Waals surface area contributed by atoms with Crippen molar-refractivity contribution in [1.29, 1.82) is 0 Å². The molecule has 0 atom stereocenters. The van der Waals surface area contributed by atoms with E-state index in [1.165, 1.54) is 89.0 Å². The van der Waals surface area contributed by atoms with Gasteiger partial charge in [0.1, 0.15) is 0 Å². The second-order valence-corrected chi connectivity index (χ2v) is 14.1. The molecule has 8 aromatic carbocycles. The van der Waals surface area contributed by atoms with Crippen LogP contribution in [-0.4, -0.2) is 11.3 Å². The average molecular weight is 673 g/mol. The highest BCUT2D eigenvalue weighted by Crippen LogP contribution is 2.47. The molecule has 0 fully saturated rings. The van der Waals surface area contributed by atoms with Crippen LogP contribution in [0.15, 0.2) is 200 Å². The predicted molar refractivity (Wildman–Crippen MR) is 224 cm³/mol. The van der Waals surface area contributed by atoms with Gasteiger partial charge in [0.15, 0.2) is 0 Å². The standard InChI is InChI=1S/C50H33BN2/c1-5-17-34(18-6-1)37-23-15-24-38(31-37)39-32-45-48-46(33-39)53-49(36-21-9-3-10-22-36)47(35-19-7-2-8-20-35)41-27-16-29-43(50(41)53)51(48)42-28-13-14-30-44(42)52(45)40-25-11-4-12-26-40/h1-33H. The maximum Gasteiger partial charge on any atom is 0.252 e. The number of hydrogen-bond donors (Lipinski definition) is 0. The van der Waals surface area contributed by atoms with Crippen LogP contribution in [0.5, 0.6) is 0 Å². The molecule has 0 saturated carbocycles. The van der Waals surface area contributed by atoms with E-state index in [1.54, 1.807) is 0 Å². The molecule has 0 amide bonds. The number of nitrogens with zero attached hydrogens (tertiary/aromatic N) is 2. The van der Waals surface area contributed by atoms with Gasteiger partial charge >= 0.3 is 0 Å². The lowest BCUT2D eigenvalue weighted by Gasteiger charge is -2.40. The summed E-state index contributed by atoms with van der Waals surface area (Å²) in [5, 5.41) is 1.28. The highest BCUT2D eigenvalue weighted by Gasteiger charge is 2.43. The molecule has 0 aliphatic carbocycles. The van der Waals surface area contributed by atoms with Gasteiger partial charge in [0.05, 0.1) is 5.69 Å². The zero-order chi connectivity index (χ0) is 34.9. The number of hydrogen-bond acceptors (Lipinski definition) is 1. The molecule has 3 heterocycles. The molecular formula is C50H33BN2. The van der Waals surface area contributed by atoms with Crippen molar-refractivity contribution < 1.29 is 0 Å². The molecule has 2 aliphatic rings. The summed E-state index contributed by atoms with van der Waals surface area (Å²) in [6, 6.07) is 73.4. The smallest absolute Gasteiger partial charge is 0.252 e. The van der Waals surface area contributed by atoms with Crippen LogP contribution >= 0.6 is 0 Å². The molecule has 0 spiro atoms. The normalized spacial score (nSPS) is 12.5.